The molecule has 0 aliphatic carbocycles. The molecular formula is C24H34N2O6. The minimum Gasteiger partial charge on any atom is -0.465 e. The van der Waals surface area contributed by atoms with E-state index in [4.69, 9.17) is 9.47 Å². The van der Waals surface area contributed by atoms with Gasteiger partial charge in [-0.25, -0.2) is 0 Å². The second-order valence-corrected chi connectivity index (χ2v) is 9.38. The first kappa shape index (κ1) is 23.0. The van der Waals surface area contributed by atoms with E-state index in [0.717, 1.165) is 19.3 Å². The molecule has 0 bridgehead atoms. The van der Waals surface area contributed by atoms with Gasteiger partial charge < -0.3 is 24.4 Å². The summed E-state index contributed by atoms with van der Waals surface area (Å²) >= 11 is 0. The van der Waals surface area contributed by atoms with E-state index < -0.39 is 35.6 Å². The first-order valence-corrected chi connectivity index (χ1v) is 11.8. The SMILES string of the molecule is CC(C)N1CC=C[C@]23O[C@@H]4/C=C\CCCCOC(=O)[C@@H]4[C@H]2C(=O)N(CCCCO)C3C1=O. The monoisotopic (exact) mass is 446 g/mol. The van der Waals surface area contributed by atoms with E-state index in [0.29, 0.717) is 32.5 Å². The van der Waals surface area contributed by atoms with Crippen molar-refractivity contribution in [2.45, 2.75) is 69.7 Å². The summed E-state index contributed by atoms with van der Waals surface area (Å²) in [5.41, 5.74) is -1.20. The standard InChI is InChI=1S/C24H34N2O6/c1-16(2)25-13-9-11-24-19(21(28)26(12-6-7-14-27)20(24)22(25)29)18-17(32-24)10-5-3-4-8-15-31-23(18)30/h5,9-11,16-20,27H,3-4,6-8,12-15H2,1-2H3/b10-5-/t17-,18+,19+,20?,24+/m1/s1. The molecule has 176 valence electrons. The molecule has 4 rings (SSSR count). The molecule has 8 nitrogen and oxygen atoms in total. The highest BCUT2D eigenvalue weighted by atomic mass is 16.6. The molecule has 0 aromatic rings. The van der Waals surface area contributed by atoms with E-state index in [2.05, 4.69) is 0 Å². The van der Waals surface area contributed by atoms with Gasteiger partial charge in [-0.1, -0.05) is 24.3 Å². The lowest BCUT2D eigenvalue weighted by molar-refractivity contribution is -0.155. The fraction of sp³-hybridized carbons (Fsp3) is 0.708. The first-order valence-electron chi connectivity index (χ1n) is 11.8. The summed E-state index contributed by atoms with van der Waals surface area (Å²) in [7, 11) is 0. The molecule has 4 aliphatic rings. The molecule has 1 unspecified atom stereocenters. The Morgan fingerprint density at radius 3 is 2.72 bits per heavy atom. The quantitative estimate of drug-likeness (QED) is 0.390. The number of carbonyl (C=O) groups is 3. The third-order valence-electron chi connectivity index (χ3n) is 7.06. The van der Waals surface area contributed by atoms with Crippen molar-refractivity contribution in [2.75, 3.05) is 26.3 Å². The Labute approximate surface area is 189 Å². The predicted octanol–water partition coefficient (Wildman–Crippen LogP) is 1.43. The van der Waals surface area contributed by atoms with Gasteiger partial charge in [0, 0.05) is 25.7 Å². The van der Waals surface area contributed by atoms with Crippen LogP contribution in [-0.4, -0.2) is 82.8 Å². The van der Waals surface area contributed by atoms with Crippen molar-refractivity contribution in [3.05, 3.63) is 24.3 Å². The number of ether oxygens (including phenoxy) is 2. The molecule has 0 aromatic carbocycles. The molecule has 2 saturated heterocycles. The number of hydrogen-bond donors (Lipinski definition) is 1. The van der Waals surface area contributed by atoms with E-state index in [1.54, 1.807) is 9.80 Å². The molecular weight excluding hydrogens is 412 g/mol. The number of fused-ring (bicyclic) bond motifs is 2. The number of likely N-dealkylation sites (tertiary alicyclic amines) is 1. The number of aliphatic hydroxyl groups is 1. The summed E-state index contributed by atoms with van der Waals surface area (Å²) < 4.78 is 12.1. The van der Waals surface area contributed by atoms with Gasteiger partial charge in [-0.05, 0) is 46.0 Å². The van der Waals surface area contributed by atoms with Crippen LogP contribution in [0, 0.1) is 11.8 Å². The average Bonchev–Trinajstić information content (AvgIpc) is 3.13. The maximum Gasteiger partial charge on any atom is 0.312 e. The van der Waals surface area contributed by atoms with Crippen LogP contribution in [0.15, 0.2) is 24.3 Å². The van der Waals surface area contributed by atoms with E-state index in [9.17, 15) is 19.5 Å². The summed E-state index contributed by atoms with van der Waals surface area (Å²) in [5.74, 6) is -2.43. The second-order valence-electron chi connectivity index (χ2n) is 9.38. The van der Waals surface area contributed by atoms with Gasteiger partial charge in [0.1, 0.15) is 17.6 Å². The number of carbonyl (C=O) groups excluding carboxylic acids is 3. The molecule has 2 fully saturated rings. The van der Waals surface area contributed by atoms with Crippen LogP contribution in [0.5, 0.6) is 0 Å². The summed E-state index contributed by atoms with van der Waals surface area (Å²) in [6, 6.07) is -0.874. The zero-order chi connectivity index (χ0) is 22.9. The Bertz CT molecular complexity index is 808. The summed E-state index contributed by atoms with van der Waals surface area (Å²) in [6.45, 7) is 5.00. The summed E-state index contributed by atoms with van der Waals surface area (Å²) in [5, 5.41) is 9.22. The van der Waals surface area contributed by atoms with Gasteiger partial charge in [0.2, 0.25) is 11.8 Å². The molecule has 0 radical (unpaired) electrons. The van der Waals surface area contributed by atoms with Crippen molar-refractivity contribution >= 4 is 17.8 Å². The number of allylic oxidation sites excluding steroid dienone is 1. The fourth-order valence-electron chi connectivity index (χ4n) is 5.53. The predicted molar refractivity (Wildman–Crippen MR) is 116 cm³/mol. The Hall–Kier alpha value is -2.19. The van der Waals surface area contributed by atoms with E-state index in [-0.39, 0.29) is 24.5 Å². The van der Waals surface area contributed by atoms with Crippen molar-refractivity contribution in [1.82, 2.24) is 9.80 Å². The Morgan fingerprint density at radius 1 is 1.16 bits per heavy atom. The lowest BCUT2D eigenvalue weighted by atomic mass is 9.78. The Balaban J connectivity index is 1.78. The molecule has 2 amide bonds. The zero-order valence-corrected chi connectivity index (χ0v) is 18.9. The molecule has 0 saturated carbocycles. The van der Waals surface area contributed by atoms with Crippen LogP contribution >= 0.6 is 0 Å². The Morgan fingerprint density at radius 2 is 1.97 bits per heavy atom. The van der Waals surface area contributed by atoms with Crippen LogP contribution in [0.1, 0.15) is 46.0 Å². The number of rotatable bonds is 5. The van der Waals surface area contributed by atoms with Crippen LogP contribution in [0.4, 0.5) is 0 Å². The number of nitrogens with zero attached hydrogens (tertiary/aromatic N) is 2. The summed E-state index contributed by atoms with van der Waals surface area (Å²) in [6.07, 6.45) is 10.6. The van der Waals surface area contributed by atoms with Gasteiger partial charge >= 0.3 is 5.97 Å². The number of cyclic esters (lactones) is 1. The highest BCUT2D eigenvalue weighted by molar-refractivity contribution is 5.99. The normalized spacial score (nSPS) is 35.9. The fourth-order valence-corrected chi connectivity index (χ4v) is 5.53. The second kappa shape index (κ2) is 9.35. The molecule has 4 aliphatic heterocycles. The lowest BCUT2D eigenvalue weighted by Crippen LogP contribution is -2.56. The molecule has 8 heteroatoms. The Kier molecular flexibility index (Phi) is 6.72. The van der Waals surface area contributed by atoms with Crippen LogP contribution in [-0.2, 0) is 23.9 Å². The highest BCUT2D eigenvalue weighted by Crippen LogP contribution is 2.53. The molecule has 1 N–H and O–H groups in total. The van der Waals surface area contributed by atoms with Crippen molar-refractivity contribution in [3.8, 4) is 0 Å². The maximum absolute atomic E-state index is 13.8. The minimum absolute atomic E-state index is 0.0194. The van der Waals surface area contributed by atoms with Crippen molar-refractivity contribution in [1.29, 1.82) is 0 Å². The van der Waals surface area contributed by atoms with Gasteiger partial charge in [-0.2, -0.15) is 0 Å². The van der Waals surface area contributed by atoms with Crippen molar-refractivity contribution in [3.63, 3.8) is 0 Å². The third-order valence-corrected chi connectivity index (χ3v) is 7.06. The van der Waals surface area contributed by atoms with Crippen LogP contribution in [0.2, 0.25) is 0 Å². The van der Waals surface area contributed by atoms with Gasteiger partial charge in [-0.15, -0.1) is 0 Å². The molecule has 1 spiro atoms. The molecule has 0 aromatic heterocycles. The van der Waals surface area contributed by atoms with Crippen molar-refractivity contribution in [2.24, 2.45) is 11.8 Å². The van der Waals surface area contributed by atoms with Gasteiger partial charge in [0.25, 0.3) is 0 Å². The van der Waals surface area contributed by atoms with Crippen LogP contribution in [0.3, 0.4) is 0 Å². The van der Waals surface area contributed by atoms with Crippen LogP contribution in [0.25, 0.3) is 0 Å². The average molecular weight is 447 g/mol. The molecule has 32 heavy (non-hydrogen) atoms. The smallest absolute Gasteiger partial charge is 0.312 e. The topological polar surface area (TPSA) is 96.4 Å². The van der Waals surface area contributed by atoms with E-state index in [1.165, 1.54) is 0 Å². The number of esters is 1. The van der Waals surface area contributed by atoms with Gasteiger partial charge in [0.15, 0.2) is 0 Å². The third kappa shape index (κ3) is 3.77. The molecule has 5 atom stereocenters. The number of amides is 2. The number of unbranched alkanes of at least 4 members (excludes halogenated alkanes) is 1. The largest absolute Gasteiger partial charge is 0.465 e. The number of hydrogen-bond acceptors (Lipinski definition) is 6. The van der Waals surface area contributed by atoms with E-state index >= 15 is 0 Å². The zero-order valence-electron chi connectivity index (χ0n) is 18.9. The highest BCUT2D eigenvalue weighted by Gasteiger charge is 2.71. The van der Waals surface area contributed by atoms with E-state index in [1.807, 2.05) is 38.2 Å². The first-order chi connectivity index (χ1) is 15.4. The van der Waals surface area contributed by atoms with Gasteiger partial charge in [-0.3, -0.25) is 14.4 Å². The number of aliphatic hydroxyl groups excluding tert-OH is 1. The minimum atomic E-state index is -1.20. The summed E-state index contributed by atoms with van der Waals surface area (Å²) in [4.78, 5) is 44.0. The molecule has 4 heterocycles. The van der Waals surface area contributed by atoms with Gasteiger partial charge in [0.05, 0.1) is 18.6 Å². The maximum atomic E-state index is 13.8. The van der Waals surface area contributed by atoms with Crippen molar-refractivity contribution < 1.29 is 29.0 Å². The van der Waals surface area contributed by atoms with Crippen LogP contribution < -0.4 is 0 Å². The lowest BCUT2D eigenvalue weighted by Gasteiger charge is -2.36.